The minimum atomic E-state index is -0.421. The van der Waals surface area contributed by atoms with Gasteiger partial charge in [-0.05, 0) is 20.8 Å². The molecule has 0 saturated heterocycles. The summed E-state index contributed by atoms with van der Waals surface area (Å²) in [6, 6.07) is -0.262. The number of carbonyl (C=O) groups is 1. The smallest absolute Gasteiger partial charge is 0.246 e. The Hall–Kier alpha value is -0.830. The van der Waals surface area contributed by atoms with Crippen LogP contribution in [0.1, 0.15) is 20.8 Å². The summed E-state index contributed by atoms with van der Waals surface area (Å²) >= 11 is 0. The topological polar surface area (TPSA) is 69.1 Å². The van der Waals surface area contributed by atoms with Crippen LogP contribution < -0.4 is 11.5 Å². The molecule has 0 saturated carbocycles. The Bertz CT molecular complexity index is 166. The van der Waals surface area contributed by atoms with E-state index in [0.717, 1.165) is 5.57 Å². The maximum absolute atomic E-state index is 10.7. The third-order valence-corrected chi connectivity index (χ3v) is 1.26. The van der Waals surface area contributed by atoms with E-state index >= 15 is 0 Å². The summed E-state index contributed by atoms with van der Waals surface area (Å²) in [6.45, 7) is 5.39. The number of primary amides is 1. The standard InChI is InChI=1S/C7H14N2O/c1-4(2)6(5(3)8)7(9)10/h5H,8H2,1-3H3,(H2,9,10). The van der Waals surface area contributed by atoms with E-state index in [-0.39, 0.29) is 6.04 Å². The van der Waals surface area contributed by atoms with Gasteiger partial charge in [-0.3, -0.25) is 4.79 Å². The molecule has 1 unspecified atom stereocenters. The fourth-order valence-electron chi connectivity index (χ4n) is 0.926. The van der Waals surface area contributed by atoms with Crippen molar-refractivity contribution in [2.45, 2.75) is 26.8 Å². The average Bonchev–Trinajstić information content (AvgIpc) is 1.59. The van der Waals surface area contributed by atoms with Gasteiger partial charge in [0.2, 0.25) is 5.91 Å². The fourth-order valence-corrected chi connectivity index (χ4v) is 0.926. The Kier molecular flexibility index (Phi) is 3.09. The molecule has 58 valence electrons. The number of nitrogens with two attached hydrogens (primary N) is 2. The highest BCUT2D eigenvalue weighted by molar-refractivity contribution is 5.93. The van der Waals surface area contributed by atoms with Gasteiger partial charge in [0.1, 0.15) is 0 Å². The van der Waals surface area contributed by atoms with Gasteiger partial charge in [-0.25, -0.2) is 0 Å². The molecule has 0 heterocycles. The van der Waals surface area contributed by atoms with Crippen molar-refractivity contribution in [2.24, 2.45) is 11.5 Å². The van der Waals surface area contributed by atoms with Crippen LogP contribution in [0.5, 0.6) is 0 Å². The van der Waals surface area contributed by atoms with Gasteiger partial charge in [-0.2, -0.15) is 0 Å². The highest BCUT2D eigenvalue weighted by Crippen LogP contribution is 2.05. The second-order valence-electron chi connectivity index (χ2n) is 2.57. The number of carbonyl (C=O) groups excluding carboxylic acids is 1. The molecule has 3 nitrogen and oxygen atoms in total. The van der Waals surface area contributed by atoms with E-state index in [1.165, 1.54) is 0 Å². The maximum atomic E-state index is 10.7. The zero-order valence-electron chi connectivity index (χ0n) is 6.64. The van der Waals surface area contributed by atoms with Crippen molar-refractivity contribution in [1.82, 2.24) is 0 Å². The van der Waals surface area contributed by atoms with E-state index in [1.807, 2.05) is 13.8 Å². The normalized spacial score (nSPS) is 12.4. The van der Waals surface area contributed by atoms with Crippen LogP contribution in [0.15, 0.2) is 11.1 Å². The highest BCUT2D eigenvalue weighted by Gasteiger charge is 2.10. The molecule has 0 fully saturated rings. The Morgan fingerprint density at radius 3 is 1.80 bits per heavy atom. The Morgan fingerprint density at radius 1 is 1.40 bits per heavy atom. The summed E-state index contributed by atoms with van der Waals surface area (Å²) in [7, 11) is 0. The molecule has 0 aliphatic rings. The van der Waals surface area contributed by atoms with Gasteiger partial charge >= 0.3 is 0 Å². The predicted molar refractivity (Wildman–Crippen MR) is 41.2 cm³/mol. The predicted octanol–water partition coefficient (Wildman–Crippen LogP) is 0.155. The lowest BCUT2D eigenvalue weighted by molar-refractivity contribution is -0.114. The van der Waals surface area contributed by atoms with Gasteiger partial charge in [0.25, 0.3) is 0 Å². The first kappa shape index (κ1) is 9.17. The van der Waals surface area contributed by atoms with Crippen molar-refractivity contribution in [1.29, 1.82) is 0 Å². The molecule has 1 amide bonds. The lowest BCUT2D eigenvalue weighted by Crippen LogP contribution is -2.29. The quantitative estimate of drug-likeness (QED) is 0.539. The van der Waals surface area contributed by atoms with Crippen molar-refractivity contribution in [2.75, 3.05) is 0 Å². The van der Waals surface area contributed by atoms with Crippen LogP contribution in [0.25, 0.3) is 0 Å². The number of rotatable bonds is 2. The van der Waals surface area contributed by atoms with Gasteiger partial charge in [0.05, 0.1) is 0 Å². The van der Waals surface area contributed by atoms with Crippen LogP contribution >= 0.6 is 0 Å². The first-order valence-electron chi connectivity index (χ1n) is 3.19. The zero-order valence-corrected chi connectivity index (χ0v) is 6.64. The van der Waals surface area contributed by atoms with Crippen LogP contribution in [0.2, 0.25) is 0 Å². The lowest BCUT2D eigenvalue weighted by Gasteiger charge is -2.08. The van der Waals surface area contributed by atoms with Crippen molar-refractivity contribution in [3.05, 3.63) is 11.1 Å². The molecule has 1 atom stereocenters. The molecule has 0 aromatic carbocycles. The third-order valence-electron chi connectivity index (χ3n) is 1.26. The lowest BCUT2D eigenvalue weighted by atomic mass is 10.0. The second kappa shape index (κ2) is 3.37. The van der Waals surface area contributed by atoms with Crippen molar-refractivity contribution >= 4 is 5.91 Å². The van der Waals surface area contributed by atoms with Crippen LogP contribution in [0, 0.1) is 0 Å². The summed E-state index contributed by atoms with van der Waals surface area (Å²) in [5.41, 5.74) is 12.0. The largest absolute Gasteiger partial charge is 0.366 e. The van der Waals surface area contributed by atoms with Crippen molar-refractivity contribution in [3.63, 3.8) is 0 Å². The van der Waals surface area contributed by atoms with E-state index in [9.17, 15) is 4.79 Å². The monoisotopic (exact) mass is 142 g/mol. The molecule has 4 N–H and O–H groups in total. The minimum absolute atomic E-state index is 0.262. The molecule has 0 radical (unpaired) electrons. The Labute approximate surface area is 61.1 Å². The first-order chi connectivity index (χ1) is 4.46. The van der Waals surface area contributed by atoms with Gasteiger partial charge in [-0.1, -0.05) is 5.57 Å². The minimum Gasteiger partial charge on any atom is -0.366 e. The number of hydrogen-bond acceptors (Lipinski definition) is 2. The highest BCUT2D eigenvalue weighted by atomic mass is 16.1. The van der Waals surface area contributed by atoms with Crippen molar-refractivity contribution in [3.8, 4) is 0 Å². The molecular weight excluding hydrogens is 128 g/mol. The SMILES string of the molecule is CC(C)=C(C(N)=O)C(C)N. The summed E-state index contributed by atoms with van der Waals surface area (Å²) in [5, 5.41) is 0. The van der Waals surface area contributed by atoms with Gasteiger partial charge in [0, 0.05) is 11.6 Å². The molecular formula is C7H14N2O. The van der Waals surface area contributed by atoms with Crippen molar-refractivity contribution < 1.29 is 4.79 Å². The van der Waals surface area contributed by atoms with Crippen LogP contribution in [0.3, 0.4) is 0 Å². The molecule has 0 aromatic rings. The molecule has 0 spiro atoms. The van der Waals surface area contributed by atoms with Crippen LogP contribution in [-0.2, 0) is 4.79 Å². The second-order valence-corrected chi connectivity index (χ2v) is 2.57. The molecule has 0 aliphatic heterocycles. The molecule has 0 aromatic heterocycles. The number of allylic oxidation sites excluding steroid dienone is 1. The van der Waals surface area contributed by atoms with E-state index in [1.54, 1.807) is 6.92 Å². The molecule has 0 aliphatic carbocycles. The summed E-state index contributed by atoms with van der Waals surface area (Å²) in [4.78, 5) is 10.7. The fraction of sp³-hybridized carbons (Fsp3) is 0.571. The zero-order chi connectivity index (χ0) is 8.31. The summed E-state index contributed by atoms with van der Waals surface area (Å²) in [5.74, 6) is -0.421. The molecule has 10 heavy (non-hydrogen) atoms. The van der Waals surface area contributed by atoms with Gasteiger partial charge in [0.15, 0.2) is 0 Å². The van der Waals surface area contributed by atoms with E-state index in [0.29, 0.717) is 5.57 Å². The number of amides is 1. The van der Waals surface area contributed by atoms with Gasteiger partial charge < -0.3 is 11.5 Å². The Morgan fingerprint density at radius 2 is 1.80 bits per heavy atom. The van der Waals surface area contributed by atoms with Gasteiger partial charge in [-0.15, -0.1) is 0 Å². The summed E-state index contributed by atoms with van der Waals surface area (Å²) < 4.78 is 0. The van der Waals surface area contributed by atoms with Crippen LogP contribution in [0.4, 0.5) is 0 Å². The number of hydrogen-bond donors (Lipinski definition) is 2. The van der Waals surface area contributed by atoms with E-state index < -0.39 is 5.91 Å². The van der Waals surface area contributed by atoms with E-state index in [4.69, 9.17) is 11.5 Å². The van der Waals surface area contributed by atoms with Crippen LogP contribution in [-0.4, -0.2) is 11.9 Å². The Balaban J connectivity index is 4.61. The summed E-state index contributed by atoms with van der Waals surface area (Å²) in [6.07, 6.45) is 0. The molecule has 0 rings (SSSR count). The molecule has 3 heteroatoms. The van der Waals surface area contributed by atoms with E-state index in [2.05, 4.69) is 0 Å². The average molecular weight is 142 g/mol. The molecule has 0 bridgehead atoms. The first-order valence-corrected chi connectivity index (χ1v) is 3.19. The third kappa shape index (κ3) is 2.19. The maximum Gasteiger partial charge on any atom is 0.246 e.